The molecule has 0 bridgehead atoms. The van der Waals surface area contributed by atoms with E-state index in [1.807, 2.05) is 44.2 Å². The van der Waals surface area contributed by atoms with Crippen LogP contribution >= 0.6 is 0 Å². The highest BCUT2D eigenvalue weighted by molar-refractivity contribution is 6.22. The summed E-state index contributed by atoms with van der Waals surface area (Å²) in [6.07, 6.45) is 0.296. The van der Waals surface area contributed by atoms with Gasteiger partial charge in [0.25, 0.3) is 5.91 Å². The third-order valence-electron chi connectivity index (χ3n) is 6.15. The van der Waals surface area contributed by atoms with E-state index in [-0.39, 0.29) is 17.9 Å². The molecule has 2 aromatic rings. The summed E-state index contributed by atoms with van der Waals surface area (Å²) in [5.41, 5.74) is 3.86. The molecular formula is C23H28N3O3+. The number of para-hydroxylation sites is 1. The van der Waals surface area contributed by atoms with Gasteiger partial charge in [-0.05, 0) is 49.2 Å². The number of aryl methyl sites for hydroxylation is 2. The Hall–Kier alpha value is -2.86. The standard InChI is InChI=1S/C23H27N3O3/c1-16-5-4-6-17(2)22(16)26-21(27)15-20(23(26)28)25-13-11-24(12-14-25)18-7-9-19(29-3)10-8-18/h4-10,20H,11-15H2,1-3H3/p+1/t20-/m0/s1. The molecule has 0 radical (unpaired) electrons. The molecule has 2 aliphatic rings. The number of hydrogen-bond acceptors (Lipinski definition) is 4. The van der Waals surface area contributed by atoms with Gasteiger partial charge in [0, 0.05) is 5.69 Å². The predicted octanol–water partition coefficient (Wildman–Crippen LogP) is 1.35. The molecule has 0 saturated carbocycles. The molecule has 2 fully saturated rings. The Bertz CT molecular complexity index is 897. The minimum Gasteiger partial charge on any atom is -0.497 e. The Morgan fingerprint density at radius 1 is 0.966 bits per heavy atom. The second-order valence-electron chi connectivity index (χ2n) is 7.91. The lowest BCUT2D eigenvalue weighted by Gasteiger charge is -2.35. The number of methoxy groups -OCH3 is 1. The number of ether oxygens (including phenoxy) is 1. The normalized spacial score (nSPS) is 20.4. The van der Waals surface area contributed by atoms with E-state index in [0.717, 1.165) is 54.4 Å². The van der Waals surface area contributed by atoms with Gasteiger partial charge in [-0.1, -0.05) is 18.2 Å². The number of rotatable bonds is 4. The highest BCUT2D eigenvalue weighted by Crippen LogP contribution is 2.29. The summed E-state index contributed by atoms with van der Waals surface area (Å²) in [5.74, 6) is 0.711. The number of amides is 2. The van der Waals surface area contributed by atoms with Crippen molar-refractivity contribution < 1.29 is 19.2 Å². The van der Waals surface area contributed by atoms with Crippen molar-refractivity contribution >= 4 is 23.2 Å². The summed E-state index contributed by atoms with van der Waals surface area (Å²) in [6.45, 7) is 7.33. The zero-order valence-corrected chi connectivity index (χ0v) is 17.3. The van der Waals surface area contributed by atoms with Gasteiger partial charge < -0.3 is 14.5 Å². The zero-order chi connectivity index (χ0) is 20.5. The van der Waals surface area contributed by atoms with E-state index >= 15 is 0 Å². The Morgan fingerprint density at radius 3 is 2.17 bits per heavy atom. The Labute approximate surface area is 171 Å². The molecule has 2 amide bonds. The van der Waals surface area contributed by atoms with Gasteiger partial charge in [-0.15, -0.1) is 0 Å². The SMILES string of the molecule is COc1ccc(N2CC[NH+]([C@H]3CC(=O)N(c4c(C)cccc4C)C3=O)CC2)cc1. The average molecular weight is 394 g/mol. The van der Waals surface area contributed by atoms with E-state index in [2.05, 4.69) is 17.0 Å². The van der Waals surface area contributed by atoms with Gasteiger partial charge in [-0.2, -0.15) is 0 Å². The molecule has 1 N–H and O–H groups in total. The number of nitrogens with one attached hydrogen (secondary N) is 1. The summed E-state index contributed by atoms with van der Waals surface area (Å²) >= 11 is 0. The monoisotopic (exact) mass is 394 g/mol. The van der Waals surface area contributed by atoms with Gasteiger partial charge >= 0.3 is 0 Å². The zero-order valence-electron chi connectivity index (χ0n) is 17.3. The minimum absolute atomic E-state index is 0.0553. The van der Waals surface area contributed by atoms with Gasteiger partial charge in [0.2, 0.25) is 5.91 Å². The molecule has 29 heavy (non-hydrogen) atoms. The van der Waals surface area contributed by atoms with Crippen LogP contribution in [0.2, 0.25) is 0 Å². The van der Waals surface area contributed by atoms with E-state index in [4.69, 9.17) is 4.74 Å². The van der Waals surface area contributed by atoms with Crippen molar-refractivity contribution in [2.75, 3.05) is 43.1 Å². The number of anilines is 2. The molecule has 2 aliphatic heterocycles. The summed E-state index contributed by atoms with van der Waals surface area (Å²) in [6, 6.07) is 13.7. The van der Waals surface area contributed by atoms with Gasteiger partial charge in [0.15, 0.2) is 6.04 Å². The van der Waals surface area contributed by atoms with Crippen molar-refractivity contribution in [2.24, 2.45) is 0 Å². The van der Waals surface area contributed by atoms with Gasteiger partial charge in [-0.25, -0.2) is 4.90 Å². The first-order valence-electron chi connectivity index (χ1n) is 10.2. The number of carbonyl (C=O) groups excluding carboxylic acids is 2. The Balaban J connectivity index is 1.45. The Morgan fingerprint density at radius 2 is 1.59 bits per heavy atom. The van der Waals surface area contributed by atoms with Crippen molar-refractivity contribution in [2.45, 2.75) is 26.3 Å². The van der Waals surface area contributed by atoms with Crippen LogP contribution in [0.3, 0.4) is 0 Å². The molecule has 4 rings (SSSR count). The molecule has 1 atom stereocenters. The number of quaternary nitrogens is 1. The fraction of sp³-hybridized carbons (Fsp3) is 0.391. The number of nitrogens with zero attached hydrogens (tertiary/aromatic N) is 2. The highest BCUT2D eigenvalue weighted by Gasteiger charge is 2.47. The lowest BCUT2D eigenvalue weighted by atomic mass is 10.1. The van der Waals surface area contributed by atoms with Crippen molar-refractivity contribution in [1.82, 2.24) is 0 Å². The van der Waals surface area contributed by atoms with Crippen LogP contribution in [0.15, 0.2) is 42.5 Å². The first-order valence-corrected chi connectivity index (χ1v) is 10.2. The summed E-state index contributed by atoms with van der Waals surface area (Å²) in [7, 11) is 1.67. The van der Waals surface area contributed by atoms with Crippen LogP contribution in [-0.4, -0.2) is 51.1 Å². The molecule has 0 unspecified atom stereocenters. The number of carbonyl (C=O) groups is 2. The summed E-state index contributed by atoms with van der Waals surface area (Å²) < 4.78 is 5.23. The molecule has 6 heteroatoms. The fourth-order valence-corrected chi connectivity index (χ4v) is 4.54. The first kappa shape index (κ1) is 19.5. The van der Waals surface area contributed by atoms with Gasteiger partial charge in [-0.3, -0.25) is 9.59 Å². The Kier molecular flexibility index (Phi) is 5.28. The quantitative estimate of drug-likeness (QED) is 0.796. The molecule has 6 nitrogen and oxygen atoms in total. The average Bonchev–Trinajstić information content (AvgIpc) is 3.03. The van der Waals surface area contributed by atoms with E-state index in [9.17, 15) is 9.59 Å². The van der Waals surface area contributed by atoms with E-state index in [0.29, 0.717) is 6.42 Å². The van der Waals surface area contributed by atoms with E-state index in [1.165, 1.54) is 9.80 Å². The topological polar surface area (TPSA) is 54.3 Å². The third-order valence-corrected chi connectivity index (χ3v) is 6.15. The minimum atomic E-state index is -0.278. The molecular weight excluding hydrogens is 366 g/mol. The highest BCUT2D eigenvalue weighted by atomic mass is 16.5. The van der Waals surface area contributed by atoms with Crippen LogP contribution in [0.4, 0.5) is 11.4 Å². The molecule has 2 aromatic carbocycles. The van der Waals surface area contributed by atoms with Crippen molar-refractivity contribution in [1.29, 1.82) is 0 Å². The predicted molar refractivity (Wildman–Crippen MR) is 113 cm³/mol. The summed E-state index contributed by atoms with van der Waals surface area (Å²) in [5, 5.41) is 0. The second kappa shape index (κ2) is 7.87. The fourth-order valence-electron chi connectivity index (χ4n) is 4.54. The van der Waals surface area contributed by atoms with Crippen LogP contribution in [-0.2, 0) is 9.59 Å². The van der Waals surface area contributed by atoms with Crippen molar-refractivity contribution in [3.8, 4) is 5.75 Å². The largest absolute Gasteiger partial charge is 0.497 e. The molecule has 152 valence electrons. The second-order valence-corrected chi connectivity index (χ2v) is 7.91. The van der Waals surface area contributed by atoms with Crippen LogP contribution < -0.4 is 19.4 Å². The molecule has 0 aromatic heterocycles. The van der Waals surface area contributed by atoms with Gasteiger partial charge in [0.05, 0.1) is 45.4 Å². The number of hydrogen-bond donors (Lipinski definition) is 1. The van der Waals surface area contributed by atoms with Crippen molar-refractivity contribution in [3.63, 3.8) is 0 Å². The lowest BCUT2D eigenvalue weighted by Crippen LogP contribution is -3.19. The maximum Gasteiger partial charge on any atom is 0.292 e. The molecule has 0 aliphatic carbocycles. The van der Waals surface area contributed by atoms with E-state index < -0.39 is 0 Å². The van der Waals surface area contributed by atoms with Gasteiger partial charge in [0.1, 0.15) is 5.75 Å². The molecule has 2 heterocycles. The van der Waals surface area contributed by atoms with Crippen molar-refractivity contribution in [3.05, 3.63) is 53.6 Å². The first-order chi connectivity index (χ1) is 14.0. The number of benzene rings is 2. The van der Waals surface area contributed by atoms with Crippen LogP contribution in [0.5, 0.6) is 5.75 Å². The smallest absolute Gasteiger partial charge is 0.292 e. The molecule has 0 spiro atoms. The summed E-state index contributed by atoms with van der Waals surface area (Å²) in [4.78, 5) is 30.9. The number of imide groups is 1. The van der Waals surface area contributed by atoms with E-state index in [1.54, 1.807) is 7.11 Å². The maximum absolute atomic E-state index is 13.2. The number of piperazine rings is 1. The van der Waals surface area contributed by atoms with Crippen LogP contribution in [0.25, 0.3) is 0 Å². The molecule has 2 saturated heterocycles. The third kappa shape index (κ3) is 3.60. The van der Waals surface area contributed by atoms with Crippen LogP contribution in [0.1, 0.15) is 17.5 Å². The lowest BCUT2D eigenvalue weighted by molar-refractivity contribution is -0.915. The van der Waals surface area contributed by atoms with Crippen LogP contribution in [0, 0.1) is 13.8 Å². The maximum atomic E-state index is 13.2.